The summed E-state index contributed by atoms with van der Waals surface area (Å²) < 4.78 is 0. The predicted molar refractivity (Wildman–Crippen MR) is 99.6 cm³/mol. The van der Waals surface area contributed by atoms with Gasteiger partial charge in [-0.3, -0.25) is 14.5 Å². The molecule has 0 aliphatic carbocycles. The van der Waals surface area contributed by atoms with E-state index in [4.69, 9.17) is 0 Å². The van der Waals surface area contributed by atoms with E-state index in [1.165, 1.54) is 5.56 Å². The number of fused-ring (bicyclic) bond motifs is 1. The fourth-order valence-electron chi connectivity index (χ4n) is 4.04. The fraction of sp³-hybridized carbons (Fsp3) is 0.600. The van der Waals surface area contributed by atoms with Crippen molar-refractivity contribution in [1.29, 1.82) is 0 Å². The lowest BCUT2D eigenvalue weighted by Crippen LogP contribution is -2.51. The Morgan fingerprint density at radius 1 is 1.12 bits per heavy atom. The zero-order valence-electron chi connectivity index (χ0n) is 15.6. The van der Waals surface area contributed by atoms with Gasteiger partial charge in [-0.05, 0) is 57.3 Å². The first-order chi connectivity index (χ1) is 12.0. The van der Waals surface area contributed by atoms with Crippen LogP contribution in [0.15, 0.2) is 24.3 Å². The van der Waals surface area contributed by atoms with Crippen LogP contribution in [0.1, 0.15) is 31.7 Å². The zero-order chi connectivity index (χ0) is 18.0. The van der Waals surface area contributed by atoms with Crippen molar-refractivity contribution in [3.05, 3.63) is 29.8 Å². The second kappa shape index (κ2) is 7.56. The Morgan fingerprint density at radius 2 is 1.80 bits per heavy atom. The van der Waals surface area contributed by atoms with E-state index in [0.717, 1.165) is 51.0 Å². The first kappa shape index (κ1) is 17.9. The Hall–Kier alpha value is -1.88. The molecular weight excluding hydrogens is 314 g/mol. The van der Waals surface area contributed by atoms with Crippen LogP contribution in [0.4, 0.5) is 5.69 Å². The number of carbonyl (C=O) groups excluding carboxylic acids is 2. The summed E-state index contributed by atoms with van der Waals surface area (Å²) >= 11 is 0. The number of anilines is 1. The van der Waals surface area contributed by atoms with Gasteiger partial charge in [-0.1, -0.05) is 18.2 Å². The molecule has 0 N–H and O–H groups in total. The van der Waals surface area contributed by atoms with Crippen molar-refractivity contribution in [2.75, 3.05) is 38.6 Å². The Bertz CT molecular complexity index is 636. The molecule has 0 aromatic heterocycles. The molecule has 1 aromatic rings. The number of nitrogens with zero attached hydrogens (tertiary/aromatic N) is 3. The van der Waals surface area contributed by atoms with E-state index in [1.54, 1.807) is 4.90 Å². The third-order valence-corrected chi connectivity index (χ3v) is 5.60. The van der Waals surface area contributed by atoms with E-state index in [2.05, 4.69) is 17.0 Å². The number of hydrogen-bond donors (Lipinski definition) is 0. The summed E-state index contributed by atoms with van der Waals surface area (Å²) in [6.45, 7) is 4.43. The van der Waals surface area contributed by atoms with Gasteiger partial charge in [0.1, 0.15) is 0 Å². The lowest BCUT2D eigenvalue weighted by atomic mass is 9.94. The highest BCUT2D eigenvalue weighted by Crippen LogP contribution is 2.28. The van der Waals surface area contributed by atoms with E-state index in [0.29, 0.717) is 0 Å². The standard InChI is InChI=1S/C20H29N3O2/c1-15(22-13-10-17(11-14-22)20(25)21(2)3)19(24)23-12-6-8-16-7-4-5-9-18(16)23/h4-5,7,9,15,17H,6,8,10-14H2,1-3H3. The summed E-state index contributed by atoms with van der Waals surface area (Å²) in [6, 6.07) is 8.09. The highest BCUT2D eigenvalue weighted by atomic mass is 16.2. The van der Waals surface area contributed by atoms with Crippen LogP contribution in [-0.2, 0) is 16.0 Å². The zero-order valence-corrected chi connectivity index (χ0v) is 15.6. The molecule has 0 saturated carbocycles. The van der Waals surface area contributed by atoms with Crippen molar-refractivity contribution in [3.63, 3.8) is 0 Å². The van der Waals surface area contributed by atoms with Crippen molar-refractivity contribution in [1.82, 2.24) is 9.80 Å². The number of rotatable bonds is 3. The summed E-state index contributed by atoms with van der Waals surface area (Å²) in [6.07, 6.45) is 3.75. The summed E-state index contributed by atoms with van der Waals surface area (Å²) in [5, 5.41) is 0. The minimum atomic E-state index is -0.137. The molecule has 2 heterocycles. The van der Waals surface area contributed by atoms with Crippen LogP contribution in [0.5, 0.6) is 0 Å². The number of piperidine rings is 1. The Labute approximate surface area is 150 Å². The van der Waals surface area contributed by atoms with Gasteiger partial charge in [0.25, 0.3) is 0 Å². The van der Waals surface area contributed by atoms with E-state index < -0.39 is 0 Å². The highest BCUT2D eigenvalue weighted by molar-refractivity contribution is 5.98. The average molecular weight is 343 g/mol. The van der Waals surface area contributed by atoms with Gasteiger partial charge in [0.05, 0.1) is 6.04 Å². The molecule has 1 atom stereocenters. The predicted octanol–water partition coefficient (Wildman–Crippen LogP) is 2.15. The second-order valence-electron chi connectivity index (χ2n) is 7.44. The van der Waals surface area contributed by atoms with E-state index in [1.807, 2.05) is 38.1 Å². The number of para-hydroxylation sites is 1. The first-order valence-electron chi connectivity index (χ1n) is 9.33. The molecule has 5 heteroatoms. The molecule has 5 nitrogen and oxygen atoms in total. The third-order valence-electron chi connectivity index (χ3n) is 5.60. The molecule has 0 radical (unpaired) electrons. The molecule has 1 fully saturated rings. The number of aryl methyl sites for hydroxylation is 1. The fourth-order valence-corrected chi connectivity index (χ4v) is 4.04. The SMILES string of the molecule is CC(C(=O)N1CCCc2ccccc21)N1CCC(C(=O)N(C)C)CC1. The van der Waals surface area contributed by atoms with Gasteiger partial charge in [-0.15, -0.1) is 0 Å². The van der Waals surface area contributed by atoms with Gasteiger partial charge in [-0.25, -0.2) is 0 Å². The average Bonchev–Trinajstić information content (AvgIpc) is 2.65. The van der Waals surface area contributed by atoms with Crippen LogP contribution < -0.4 is 4.90 Å². The molecule has 25 heavy (non-hydrogen) atoms. The molecule has 2 aliphatic heterocycles. The number of benzene rings is 1. The van der Waals surface area contributed by atoms with Crippen LogP contribution in [0.3, 0.4) is 0 Å². The number of likely N-dealkylation sites (tertiary alicyclic amines) is 1. The largest absolute Gasteiger partial charge is 0.349 e. The van der Waals surface area contributed by atoms with Gasteiger partial charge < -0.3 is 9.80 Å². The van der Waals surface area contributed by atoms with Gasteiger partial charge in [0.2, 0.25) is 11.8 Å². The van der Waals surface area contributed by atoms with Crippen molar-refractivity contribution >= 4 is 17.5 Å². The monoisotopic (exact) mass is 343 g/mol. The summed E-state index contributed by atoms with van der Waals surface area (Å²) in [5.74, 6) is 0.498. The molecule has 2 amide bonds. The van der Waals surface area contributed by atoms with Crippen LogP contribution >= 0.6 is 0 Å². The Balaban J connectivity index is 1.64. The van der Waals surface area contributed by atoms with Crippen molar-refractivity contribution in [2.45, 2.75) is 38.6 Å². The second-order valence-corrected chi connectivity index (χ2v) is 7.44. The smallest absolute Gasteiger partial charge is 0.244 e. The molecule has 0 bridgehead atoms. The lowest BCUT2D eigenvalue weighted by Gasteiger charge is -2.38. The van der Waals surface area contributed by atoms with Crippen LogP contribution in [0.2, 0.25) is 0 Å². The van der Waals surface area contributed by atoms with Crippen molar-refractivity contribution in [3.8, 4) is 0 Å². The summed E-state index contributed by atoms with van der Waals surface area (Å²) in [4.78, 5) is 31.1. The van der Waals surface area contributed by atoms with Gasteiger partial charge in [-0.2, -0.15) is 0 Å². The van der Waals surface area contributed by atoms with Crippen LogP contribution in [0.25, 0.3) is 0 Å². The molecule has 1 unspecified atom stereocenters. The summed E-state index contributed by atoms with van der Waals surface area (Å²) in [5.41, 5.74) is 2.34. The summed E-state index contributed by atoms with van der Waals surface area (Å²) in [7, 11) is 3.63. The Kier molecular flexibility index (Phi) is 5.42. The minimum absolute atomic E-state index is 0.101. The van der Waals surface area contributed by atoms with Crippen LogP contribution in [0, 0.1) is 5.92 Å². The van der Waals surface area contributed by atoms with Crippen LogP contribution in [-0.4, -0.2) is 61.4 Å². The Morgan fingerprint density at radius 3 is 2.48 bits per heavy atom. The highest BCUT2D eigenvalue weighted by Gasteiger charge is 2.33. The quantitative estimate of drug-likeness (QED) is 0.845. The molecular formula is C20H29N3O2. The number of carbonyl (C=O) groups is 2. The molecule has 0 spiro atoms. The topological polar surface area (TPSA) is 43.9 Å². The van der Waals surface area contributed by atoms with Gasteiger partial charge in [0.15, 0.2) is 0 Å². The first-order valence-corrected chi connectivity index (χ1v) is 9.33. The van der Waals surface area contributed by atoms with Gasteiger partial charge >= 0.3 is 0 Å². The maximum Gasteiger partial charge on any atom is 0.244 e. The number of hydrogen-bond acceptors (Lipinski definition) is 3. The van der Waals surface area contributed by atoms with E-state index in [-0.39, 0.29) is 23.8 Å². The molecule has 136 valence electrons. The van der Waals surface area contributed by atoms with Gasteiger partial charge in [0, 0.05) is 32.2 Å². The van der Waals surface area contributed by atoms with Crippen molar-refractivity contribution < 1.29 is 9.59 Å². The maximum atomic E-state index is 13.1. The number of amides is 2. The van der Waals surface area contributed by atoms with E-state index >= 15 is 0 Å². The third kappa shape index (κ3) is 3.71. The van der Waals surface area contributed by atoms with E-state index in [9.17, 15) is 9.59 Å². The molecule has 2 aliphatic rings. The maximum absolute atomic E-state index is 13.1. The molecule has 1 aromatic carbocycles. The lowest BCUT2D eigenvalue weighted by molar-refractivity contribution is -0.135. The minimum Gasteiger partial charge on any atom is -0.349 e. The molecule has 3 rings (SSSR count). The molecule has 1 saturated heterocycles. The van der Waals surface area contributed by atoms with Crippen molar-refractivity contribution in [2.24, 2.45) is 5.92 Å². The normalized spacial score (nSPS) is 20.0.